The van der Waals surface area contributed by atoms with Crippen LogP contribution in [0.1, 0.15) is 37.8 Å². The zero-order valence-corrected chi connectivity index (χ0v) is 13.2. The summed E-state index contributed by atoms with van der Waals surface area (Å²) >= 11 is 0. The number of carboxylic acids is 1. The largest absolute Gasteiger partial charge is 0.508 e. The lowest BCUT2D eigenvalue weighted by atomic mass is 9.81. The molecular formula is C17H22N2O4. The first-order valence-corrected chi connectivity index (χ1v) is 8.00. The number of amides is 2. The third kappa shape index (κ3) is 2.73. The summed E-state index contributed by atoms with van der Waals surface area (Å²) in [4.78, 5) is 25.8. The molecule has 1 unspecified atom stereocenters. The Kier molecular flexibility index (Phi) is 3.92. The van der Waals surface area contributed by atoms with Crippen molar-refractivity contribution in [2.75, 3.05) is 13.1 Å². The van der Waals surface area contributed by atoms with E-state index in [1.165, 1.54) is 0 Å². The molecule has 0 aromatic heterocycles. The van der Waals surface area contributed by atoms with Gasteiger partial charge >= 0.3 is 12.0 Å². The number of carbonyl (C=O) groups is 2. The summed E-state index contributed by atoms with van der Waals surface area (Å²) < 4.78 is 0. The number of aliphatic carboxylic acids is 1. The maximum Gasteiger partial charge on any atom is 0.317 e. The normalized spacial score (nSPS) is 27.5. The summed E-state index contributed by atoms with van der Waals surface area (Å²) in [6.07, 6.45) is 2.45. The molecule has 124 valence electrons. The van der Waals surface area contributed by atoms with Crippen molar-refractivity contribution in [2.45, 2.75) is 32.2 Å². The van der Waals surface area contributed by atoms with Crippen LogP contribution in [0.4, 0.5) is 4.79 Å². The minimum absolute atomic E-state index is 0.0572. The van der Waals surface area contributed by atoms with E-state index in [2.05, 4.69) is 5.32 Å². The number of nitrogens with zero attached hydrogens (tertiary/aromatic N) is 1. The van der Waals surface area contributed by atoms with Gasteiger partial charge in [-0.15, -0.1) is 0 Å². The van der Waals surface area contributed by atoms with Crippen molar-refractivity contribution in [1.29, 1.82) is 0 Å². The fraction of sp³-hybridized carbons (Fsp3) is 0.529. The minimum atomic E-state index is -0.781. The van der Waals surface area contributed by atoms with E-state index < -0.39 is 11.4 Å². The number of rotatable bonds is 3. The molecule has 2 amide bonds. The van der Waals surface area contributed by atoms with Crippen molar-refractivity contribution in [1.82, 2.24) is 10.2 Å². The number of aromatic hydroxyl groups is 1. The van der Waals surface area contributed by atoms with Crippen LogP contribution in [-0.4, -0.2) is 40.2 Å². The predicted octanol–water partition coefficient (Wildman–Crippen LogP) is 2.35. The lowest BCUT2D eigenvalue weighted by Crippen LogP contribution is -2.42. The minimum Gasteiger partial charge on any atom is -0.508 e. The molecule has 0 bridgehead atoms. The van der Waals surface area contributed by atoms with Gasteiger partial charge in [0.1, 0.15) is 5.75 Å². The van der Waals surface area contributed by atoms with Crippen LogP contribution in [0.2, 0.25) is 0 Å². The Labute approximate surface area is 135 Å². The van der Waals surface area contributed by atoms with Crippen molar-refractivity contribution in [3.63, 3.8) is 0 Å². The molecule has 3 rings (SSSR count). The second-order valence-electron chi connectivity index (χ2n) is 6.70. The third-order valence-electron chi connectivity index (χ3n) is 5.29. The Bertz CT molecular complexity index is 633. The van der Waals surface area contributed by atoms with Crippen LogP contribution in [0.15, 0.2) is 24.3 Å². The molecule has 1 aromatic rings. The highest BCUT2D eigenvalue weighted by atomic mass is 16.4. The second kappa shape index (κ2) is 5.76. The molecule has 2 fully saturated rings. The number of phenolic OH excluding ortho intramolecular Hbond substituents is 1. The van der Waals surface area contributed by atoms with E-state index in [9.17, 15) is 19.8 Å². The monoisotopic (exact) mass is 318 g/mol. The average molecular weight is 318 g/mol. The Morgan fingerprint density at radius 3 is 2.87 bits per heavy atom. The molecular weight excluding hydrogens is 296 g/mol. The van der Waals surface area contributed by atoms with E-state index in [1.54, 1.807) is 23.1 Å². The zero-order valence-electron chi connectivity index (χ0n) is 13.2. The molecule has 1 saturated carbocycles. The number of phenols is 1. The fourth-order valence-electron chi connectivity index (χ4n) is 3.95. The average Bonchev–Trinajstić information content (AvgIpc) is 3.05. The van der Waals surface area contributed by atoms with Crippen molar-refractivity contribution >= 4 is 12.0 Å². The molecule has 1 aromatic carbocycles. The van der Waals surface area contributed by atoms with Crippen LogP contribution in [0.3, 0.4) is 0 Å². The van der Waals surface area contributed by atoms with E-state index in [0.717, 1.165) is 18.4 Å². The first-order valence-electron chi connectivity index (χ1n) is 8.00. The lowest BCUT2D eigenvalue weighted by Gasteiger charge is -2.24. The van der Waals surface area contributed by atoms with Crippen LogP contribution < -0.4 is 5.32 Å². The molecule has 6 nitrogen and oxygen atoms in total. The Balaban J connectivity index is 1.67. The summed E-state index contributed by atoms with van der Waals surface area (Å²) in [6.45, 7) is 2.63. The molecule has 0 radical (unpaired) electrons. The topological polar surface area (TPSA) is 89.9 Å². The highest BCUT2D eigenvalue weighted by Gasteiger charge is 2.55. The van der Waals surface area contributed by atoms with Crippen LogP contribution >= 0.6 is 0 Å². The molecule has 2 aliphatic rings. The van der Waals surface area contributed by atoms with E-state index in [1.807, 2.05) is 13.0 Å². The second-order valence-corrected chi connectivity index (χ2v) is 6.70. The van der Waals surface area contributed by atoms with E-state index in [-0.39, 0.29) is 30.3 Å². The molecule has 3 atom stereocenters. The van der Waals surface area contributed by atoms with Gasteiger partial charge in [0, 0.05) is 13.1 Å². The van der Waals surface area contributed by atoms with Gasteiger partial charge in [0.15, 0.2) is 0 Å². The highest BCUT2D eigenvalue weighted by Crippen LogP contribution is 2.48. The number of urea groups is 1. The van der Waals surface area contributed by atoms with Crippen LogP contribution in [0.5, 0.6) is 5.75 Å². The number of fused-ring (bicyclic) bond motifs is 1. The van der Waals surface area contributed by atoms with E-state index in [4.69, 9.17) is 0 Å². The van der Waals surface area contributed by atoms with Gasteiger partial charge in [-0.3, -0.25) is 4.79 Å². The summed E-state index contributed by atoms with van der Waals surface area (Å²) in [5.41, 5.74) is 0.0525. The number of hydrogen-bond acceptors (Lipinski definition) is 3. The zero-order chi connectivity index (χ0) is 16.6. The molecule has 1 saturated heterocycles. The van der Waals surface area contributed by atoms with Crippen LogP contribution in [0.25, 0.3) is 0 Å². The van der Waals surface area contributed by atoms with Crippen LogP contribution in [-0.2, 0) is 4.79 Å². The summed E-state index contributed by atoms with van der Waals surface area (Å²) in [6, 6.07) is 6.26. The van der Waals surface area contributed by atoms with Gasteiger partial charge in [-0.2, -0.15) is 0 Å². The van der Waals surface area contributed by atoms with Gasteiger partial charge in [0.25, 0.3) is 0 Å². The predicted molar refractivity (Wildman–Crippen MR) is 84.0 cm³/mol. The van der Waals surface area contributed by atoms with Gasteiger partial charge in [-0.25, -0.2) is 4.79 Å². The molecule has 3 N–H and O–H groups in total. The molecule has 6 heteroatoms. The van der Waals surface area contributed by atoms with Crippen molar-refractivity contribution in [3.05, 3.63) is 29.8 Å². The first-order chi connectivity index (χ1) is 10.9. The number of nitrogens with one attached hydrogen (secondary N) is 1. The summed E-state index contributed by atoms with van der Waals surface area (Å²) in [7, 11) is 0. The number of hydrogen-bond donors (Lipinski definition) is 3. The van der Waals surface area contributed by atoms with Crippen molar-refractivity contribution in [3.8, 4) is 5.75 Å². The smallest absolute Gasteiger partial charge is 0.317 e. The maximum absolute atomic E-state index is 12.5. The van der Waals surface area contributed by atoms with Gasteiger partial charge in [0.2, 0.25) is 0 Å². The van der Waals surface area contributed by atoms with Gasteiger partial charge < -0.3 is 20.4 Å². The van der Waals surface area contributed by atoms with E-state index in [0.29, 0.717) is 13.0 Å². The number of carboxylic acid groups (broad SMARTS) is 1. The Hall–Kier alpha value is -2.24. The van der Waals surface area contributed by atoms with Gasteiger partial charge in [0.05, 0.1) is 11.5 Å². The summed E-state index contributed by atoms with van der Waals surface area (Å²) in [5.74, 6) is -0.567. The number of benzene rings is 1. The Morgan fingerprint density at radius 1 is 1.43 bits per heavy atom. The number of likely N-dealkylation sites (tertiary alicyclic amines) is 1. The SMILES string of the molecule is CC(NC(=O)N1C[C@@H]2CCC[C@@]2(C(=O)O)C1)c1cccc(O)c1. The first kappa shape index (κ1) is 15.6. The quantitative estimate of drug-likeness (QED) is 0.798. The highest BCUT2D eigenvalue weighted by molar-refractivity contribution is 5.80. The molecule has 1 heterocycles. The third-order valence-corrected chi connectivity index (χ3v) is 5.29. The van der Waals surface area contributed by atoms with E-state index >= 15 is 0 Å². The van der Waals surface area contributed by atoms with Crippen LogP contribution in [0, 0.1) is 11.3 Å². The van der Waals surface area contributed by atoms with Crippen molar-refractivity contribution < 1.29 is 19.8 Å². The standard InChI is InChI=1S/C17H22N2O4/c1-11(12-4-2-6-14(20)8-12)18-16(23)19-9-13-5-3-7-17(13,10-19)15(21)22/h2,4,6,8,11,13,20H,3,5,7,9-10H2,1H3,(H,18,23)(H,21,22)/t11?,13-,17+/m0/s1. The summed E-state index contributed by atoms with van der Waals surface area (Å²) in [5, 5.41) is 22.0. The fourth-order valence-corrected chi connectivity index (χ4v) is 3.95. The molecule has 23 heavy (non-hydrogen) atoms. The number of carbonyl (C=O) groups excluding carboxylic acids is 1. The molecule has 0 spiro atoms. The molecule has 1 aliphatic carbocycles. The van der Waals surface area contributed by atoms with Gasteiger partial charge in [-0.1, -0.05) is 18.6 Å². The van der Waals surface area contributed by atoms with Crippen molar-refractivity contribution in [2.24, 2.45) is 11.3 Å². The molecule has 1 aliphatic heterocycles. The Morgan fingerprint density at radius 2 is 2.22 bits per heavy atom. The maximum atomic E-state index is 12.5. The lowest BCUT2D eigenvalue weighted by molar-refractivity contribution is -0.149. The van der Waals surface area contributed by atoms with Gasteiger partial charge in [-0.05, 0) is 43.4 Å².